The van der Waals surface area contributed by atoms with Crippen molar-refractivity contribution in [3.63, 3.8) is 0 Å². The van der Waals surface area contributed by atoms with Gasteiger partial charge in [-0.1, -0.05) is 35.9 Å². The van der Waals surface area contributed by atoms with Gasteiger partial charge in [0.25, 0.3) is 10.0 Å². The van der Waals surface area contributed by atoms with Crippen LogP contribution in [0.3, 0.4) is 0 Å². The molecule has 1 unspecified atom stereocenters. The normalized spacial score (nSPS) is 16.3. The molecule has 1 atom stereocenters. The second kappa shape index (κ2) is 10.2. The maximum absolute atomic E-state index is 13.0. The van der Waals surface area contributed by atoms with Crippen LogP contribution in [0.15, 0.2) is 64.9 Å². The summed E-state index contributed by atoms with van der Waals surface area (Å²) in [4.78, 5) is 17.3. The van der Waals surface area contributed by atoms with Gasteiger partial charge in [-0.2, -0.15) is 17.5 Å². The van der Waals surface area contributed by atoms with Crippen LogP contribution in [0.5, 0.6) is 0 Å². The van der Waals surface area contributed by atoms with Crippen LogP contribution in [-0.4, -0.2) is 43.2 Å². The molecule has 2 aromatic heterocycles. The van der Waals surface area contributed by atoms with E-state index in [1.54, 1.807) is 25.3 Å². The molecule has 1 aliphatic heterocycles. The van der Waals surface area contributed by atoms with Gasteiger partial charge < -0.3 is 10.6 Å². The number of anilines is 1. The van der Waals surface area contributed by atoms with Crippen LogP contribution >= 0.6 is 22.9 Å². The number of benzene rings is 1. The summed E-state index contributed by atoms with van der Waals surface area (Å²) in [6, 6.07) is 9.79. The zero-order valence-corrected chi connectivity index (χ0v) is 21.1. The Balaban J connectivity index is 1.50. The lowest BCUT2D eigenvalue weighted by Crippen LogP contribution is -2.45. The predicted molar refractivity (Wildman–Crippen MR) is 132 cm³/mol. The fourth-order valence-electron chi connectivity index (χ4n) is 3.61. The lowest BCUT2D eigenvalue weighted by molar-refractivity contribution is -0.137. The SMILES string of the molecule is CNc1cc(CNC(=O)C2C=CCN2S(=O)(=O)c2ccc(Cl)s2)cc(-c2ccc(C(F)(F)F)cc2)n1. The molecule has 0 saturated heterocycles. The van der Waals surface area contributed by atoms with Gasteiger partial charge in [0.1, 0.15) is 16.1 Å². The standard InChI is InChI=1S/C23H20ClF3N4O3S2/c1-28-20-12-14(11-17(30-20)15-4-6-16(7-5-15)23(25,26)27)13-29-22(32)18-3-2-10-31(18)36(33,34)21-9-8-19(24)35-21/h2-9,11-12,18H,10,13H2,1H3,(H,28,30)(H,29,32). The van der Waals surface area contributed by atoms with Crippen molar-refractivity contribution in [2.75, 3.05) is 18.9 Å². The van der Waals surface area contributed by atoms with Crippen molar-refractivity contribution in [1.82, 2.24) is 14.6 Å². The number of pyridine rings is 1. The minimum atomic E-state index is -4.44. The van der Waals surface area contributed by atoms with E-state index in [1.807, 2.05) is 0 Å². The summed E-state index contributed by atoms with van der Waals surface area (Å²) in [5.74, 6) is -0.0648. The molecule has 3 heterocycles. The van der Waals surface area contributed by atoms with Gasteiger partial charge in [0.15, 0.2) is 0 Å². The molecule has 190 valence electrons. The molecule has 1 aromatic carbocycles. The molecule has 36 heavy (non-hydrogen) atoms. The molecule has 0 bridgehead atoms. The first kappa shape index (κ1) is 26.1. The number of carbonyl (C=O) groups excluding carboxylic acids is 1. The number of rotatable bonds is 7. The summed E-state index contributed by atoms with van der Waals surface area (Å²) in [5, 5.41) is 5.63. The third kappa shape index (κ3) is 5.56. The van der Waals surface area contributed by atoms with Crippen LogP contribution in [0.4, 0.5) is 19.0 Å². The van der Waals surface area contributed by atoms with Crippen LogP contribution in [0.2, 0.25) is 4.34 Å². The van der Waals surface area contributed by atoms with E-state index in [0.717, 1.165) is 27.8 Å². The van der Waals surface area contributed by atoms with Gasteiger partial charge in [-0.25, -0.2) is 13.4 Å². The number of nitrogens with one attached hydrogen (secondary N) is 2. The predicted octanol–water partition coefficient (Wildman–Crippen LogP) is 4.77. The maximum Gasteiger partial charge on any atom is 0.416 e. The van der Waals surface area contributed by atoms with Gasteiger partial charge in [0.05, 0.1) is 15.6 Å². The molecule has 0 spiro atoms. The van der Waals surface area contributed by atoms with E-state index < -0.39 is 33.7 Å². The zero-order valence-electron chi connectivity index (χ0n) is 18.7. The Kier molecular flexibility index (Phi) is 7.41. The lowest BCUT2D eigenvalue weighted by Gasteiger charge is -2.22. The number of thiophene rings is 1. The number of halogens is 4. The fourth-order valence-corrected chi connectivity index (χ4v) is 6.72. The zero-order chi connectivity index (χ0) is 26.1. The van der Waals surface area contributed by atoms with Crippen molar-refractivity contribution in [2.24, 2.45) is 0 Å². The Morgan fingerprint density at radius 1 is 1.19 bits per heavy atom. The van der Waals surface area contributed by atoms with E-state index in [1.165, 1.54) is 30.3 Å². The van der Waals surface area contributed by atoms with Crippen LogP contribution in [-0.2, 0) is 27.5 Å². The Bertz CT molecular complexity index is 1410. The summed E-state index contributed by atoms with van der Waals surface area (Å²) in [6.45, 7) is 0.0971. The van der Waals surface area contributed by atoms with Gasteiger partial charge in [-0.15, -0.1) is 11.3 Å². The second-order valence-corrected chi connectivity index (χ2v) is 11.6. The molecule has 0 saturated carbocycles. The minimum Gasteiger partial charge on any atom is -0.373 e. The van der Waals surface area contributed by atoms with Crippen LogP contribution in [0.25, 0.3) is 11.3 Å². The number of hydrogen-bond donors (Lipinski definition) is 2. The number of alkyl halides is 3. The molecule has 7 nitrogen and oxygen atoms in total. The Morgan fingerprint density at radius 2 is 1.92 bits per heavy atom. The van der Waals surface area contributed by atoms with Gasteiger partial charge in [-0.05, 0) is 42.0 Å². The maximum atomic E-state index is 13.0. The molecular formula is C23H20ClF3N4O3S2. The third-order valence-electron chi connectivity index (χ3n) is 5.41. The van der Waals surface area contributed by atoms with E-state index in [9.17, 15) is 26.4 Å². The van der Waals surface area contributed by atoms with Crippen molar-refractivity contribution < 1.29 is 26.4 Å². The van der Waals surface area contributed by atoms with Gasteiger partial charge >= 0.3 is 6.18 Å². The molecule has 0 radical (unpaired) electrons. The van der Waals surface area contributed by atoms with E-state index in [0.29, 0.717) is 27.0 Å². The lowest BCUT2D eigenvalue weighted by atomic mass is 10.1. The van der Waals surface area contributed by atoms with E-state index >= 15 is 0 Å². The summed E-state index contributed by atoms with van der Waals surface area (Å²) in [7, 11) is -2.28. The third-order valence-corrected chi connectivity index (χ3v) is 8.96. The quantitative estimate of drug-likeness (QED) is 0.409. The topological polar surface area (TPSA) is 91.4 Å². The number of nitrogens with zero attached hydrogens (tertiary/aromatic N) is 2. The smallest absolute Gasteiger partial charge is 0.373 e. The number of aromatic nitrogens is 1. The first-order chi connectivity index (χ1) is 17.0. The fraction of sp³-hybridized carbons (Fsp3) is 0.217. The van der Waals surface area contributed by atoms with Crippen molar-refractivity contribution in [2.45, 2.75) is 23.0 Å². The molecular weight excluding hydrogens is 537 g/mol. The summed E-state index contributed by atoms with van der Waals surface area (Å²) in [6.07, 6.45) is -1.33. The average molecular weight is 557 g/mol. The van der Waals surface area contributed by atoms with Gasteiger partial charge in [-0.3, -0.25) is 4.79 Å². The molecule has 4 rings (SSSR count). The Labute approximate surface area is 214 Å². The highest BCUT2D eigenvalue weighted by Crippen LogP contribution is 2.32. The Hall–Kier alpha value is -2.93. The Morgan fingerprint density at radius 3 is 2.53 bits per heavy atom. The van der Waals surface area contributed by atoms with Crippen LogP contribution in [0.1, 0.15) is 11.1 Å². The van der Waals surface area contributed by atoms with Crippen molar-refractivity contribution in [3.8, 4) is 11.3 Å². The first-order valence-corrected chi connectivity index (χ1v) is 13.2. The largest absolute Gasteiger partial charge is 0.416 e. The number of sulfonamides is 1. The van der Waals surface area contributed by atoms with E-state index in [-0.39, 0.29) is 17.3 Å². The summed E-state index contributed by atoms with van der Waals surface area (Å²) >= 11 is 6.79. The average Bonchev–Trinajstić information content (AvgIpc) is 3.52. The highest BCUT2D eigenvalue weighted by Gasteiger charge is 2.37. The molecule has 2 N–H and O–H groups in total. The molecule has 0 fully saturated rings. The van der Waals surface area contributed by atoms with Crippen LogP contribution in [0, 0.1) is 0 Å². The van der Waals surface area contributed by atoms with Crippen molar-refractivity contribution >= 4 is 44.7 Å². The molecule has 3 aromatic rings. The van der Waals surface area contributed by atoms with Gasteiger partial charge in [0.2, 0.25) is 5.91 Å². The number of hydrogen-bond acceptors (Lipinski definition) is 6. The monoisotopic (exact) mass is 556 g/mol. The molecule has 0 aliphatic carbocycles. The van der Waals surface area contributed by atoms with E-state index in [4.69, 9.17) is 11.6 Å². The van der Waals surface area contributed by atoms with Crippen LogP contribution < -0.4 is 10.6 Å². The van der Waals surface area contributed by atoms with E-state index in [2.05, 4.69) is 15.6 Å². The highest BCUT2D eigenvalue weighted by atomic mass is 35.5. The van der Waals surface area contributed by atoms with Crippen molar-refractivity contribution in [3.05, 3.63) is 76.1 Å². The minimum absolute atomic E-state index is 0.0444. The molecule has 13 heteroatoms. The summed E-state index contributed by atoms with van der Waals surface area (Å²) < 4.78 is 66.1. The summed E-state index contributed by atoms with van der Waals surface area (Å²) in [5.41, 5.74) is 0.745. The second-order valence-electron chi connectivity index (χ2n) is 7.80. The first-order valence-electron chi connectivity index (χ1n) is 10.6. The molecule has 1 aliphatic rings. The number of amides is 1. The highest BCUT2D eigenvalue weighted by molar-refractivity contribution is 7.91. The number of carbonyl (C=O) groups is 1. The molecule has 1 amide bonds. The van der Waals surface area contributed by atoms with Crippen molar-refractivity contribution in [1.29, 1.82) is 0 Å². The van der Waals surface area contributed by atoms with Gasteiger partial charge in [0, 0.05) is 25.7 Å².